The normalized spacial score (nSPS) is 22.0. The molecule has 29 heavy (non-hydrogen) atoms. The molecule has 0 bridgehead atoms. The molecule has 1 amide bonds. The van der Waals surface area contributed by atoms with Crippen LogP contribution < -0.4 is 16.6 Å². The van der Waals surface area contributed by atoms with Gasteiger partial charge in [0.25, 0.3) is 5.56 Å². The molecule has 2 rings (SSSR count). The van der Waals surface area contributed by atoms with Gasteiger partial charge in [0.1, 0.15) is 12.3 Å². The van der Waals surface area contributed by atoms with Crippen molar-refractivity contribution in [2.75, 3.05) is 26.4 Å². The van der Waals surface area contributed by atoms with Crippen molar-refractivity contribution in [2.24, 2.45) is 0 Å². The number of halogens is 3. The molecule has 1 aromatic rings. The number of nitrogens with zero attached hydrogens (tertiary/aromatic N) is 1. The number of aryl methyl sites for hydroxylation is 1. The minimum Gasteiger partial charge on any atom is -0.394 e. The molecule has 1 aliphatic heterocycles. The van der Waals surface area contributed by atoms with Gasteiger partial charge in [-0.05, 0) is 12.8 Å². The molecule has 10 nitrogen and oxygen atoms in total. The summed E-state index contributed by atoms with van der Waals surface area (Å²) in [6.45, 7) is -0.736. The first kappa shape index (κ1) is 23.1. The van der Waals surface area contributed by atoms with Gasteiger partial charge in [0.2, 0.25) is 0 Å². The maximum Gasteiger partial charge on any atom is 0.471 e. The van der Waals surface area contributed by atoms with Gasteiger partial charge >= 0.3 is 17.8 Å². The molecule has 0 saturated carbocycles. The predicted octanol–water partition coefficient (Wildman–Crippen LogP) is -1.19. The van der Waals surface area contributed by atoms with E-state index in [1.807, 2.05) is 0 Å². The number of amides is 1. The first-order valence-corrected chi connectivity index (χ1v) is 8.85. The van der Waals surface area contributed by atoms with Gasteiger partial charge in [-0.15, -0.1) is 0 Å². The fourth-order valence-corrected chi connectivity index (χ4v) is 2.77. The third kappa shape index (κ3) is 6.39. The largest absolute Gasteiger partial charge is 0.471 e. The number of rotatable bonds is 9. The summed E-state index contributed by atoms with van der Waals surface area (Å²) in [4.78, 5) is 36.7. The minimum absolute atomic E-state index is 0.0728. The highest BCUT2D eigenvalue weighted by atomic mass is 19.4. The summed E-state index contributed by atoms with van der Waals surface area (Å²) in [6.07, 6.45) is -5.62. The Kier molecular flexibility index (Phi) is 7.96. The molecular formula is C16H22F3N3O7. The Morgan fingerprint density at radius 3 is 2.72 bits per heavy atom. The molecule has 4 N–H and O–H groups in total. The maximum absolute atomic E-state index is 12.0. The summed E-state index contributed by atoms with van der Waals surface area (Å²) in [5.41, 5.74) is -1.06. The van der Waals surface area contributed by atoms with Crippen LogP contribution in [0.3, 0.4) is 0 Å². The summed E-state index contributed by atoms with van der Waals surface area (Å²) < 4.78 is 47.6. The van der Waals surface area contributed by atoms with Crippen LogP contribution in [0, 0.1) is 0 Å². The second-order valence-corrected chi connectivity index (χ2v) is 6.41. The Bertz CT molecular complexity index is 808. The van der Waals surface area contributed by atoms with Crippen molar-refractivity contribution >= 4 is 5.91 Å². The average Bonchev–Trinajstić information content (AvgIpc) is 3.01. The third-order valence-electron chi connectivity index (χ3n) is 4.26. The molecule has 3 atom stereocenters. The molecule has 0 aliphatic carbocycles. The summed E-state index contributed by atoms with van der Waals surface area (Å²) in [6, 6.07) is 0. The lowest BCUT2D eigenvalue weighted by Crippen LogP contribution is -2.38. The predicted molar refractivity (Wildman–Crippen MR) is 91.1 cm³/mol. The molecule has 2 heterocycles. The van der Waals surface area contributed by atoms with E-state index < -0.39 is 48.4 Å². The number of carbonyl (C=O) groups excluding carboxylic acids is 1. The van der Waals surface area contributed by atoms with Gasteiger partial charge in [-0.1, -0.05) is 0 Å². The van der Waals surface area contributed by atoms with Gasteiger partial charge in [-0.3, -0.25) is 19.1 Å². The second kappa shape index (κ2) is 10.0. The van der Waals surface area contributed by atoms with Gasteiger partial charge < -0.3 is 25.0 Å². The Hall–Kier alpha value is -2.22. The number of aromatic nitrogens is 2. The number of aliphatic hydroxyl groups is 2. The van der Waals surface area contributed by atoms with E-state index in [9.17, 15) is 32.7 Å². The number of ether oxygens (including phenoxy) is 2. The maximum atomic E-state index is 12.0. The lowest BCUT2D eigenvalue weighted by Gasteiger charge is -2.15. The van der Waals surface area contributed by atoms with Crippen LogP contribution in [0.25, 0.3) is 0 Å². The second-order valence-electron chi connectivity index (χ2n) is 6.41. The zero-order valence-electron chi connectivity index (χ0n) is 15.3. The molecule has 1 saturated heterocycles. The fourth-order valence-electron chi connectivity index (χ4n) is 2.77. The zero-order valence-corrected chi connectivity index (χ0v) is 15.3. The lowest BCUT2D eigenvalue weighted by atomic mass is 10.2. The number of alkyl halides is 3. The van der Waals surface area contributed by atoms with Crippen LogP contribution in [0.4, 0.5) is 13.2 Å². The molecular weight excluding hydrogens is 403 g/mol. The molecule has 164 valence electrons. The Morgan fingerprint density at radius 1 is 1.38 bits per heavy atom. The van der Waals surface area contributed by atoms with E-state index in [2.05, 4.69) is 4.98 Å². The molecule has 0 unspecified atom stereocenters. The highest BCUT2D eigenvalue weighted by Gasteiger charge is 2.38. The Balaban J connectivity index is 1.82. The Labute approximate surface area is 162 Å². The van der Waals surface area contributed by atoms with Crippen molar-refractivity contribution < 1.29 is 37.7 Å². The number of hydrogen-bond donors (Lipinski definition) is 4. The smallest absolute Gasteiger partial charge is 0.394 e. The van der Waals surface area contributed by atoms with Crippen LogP contribution in [0.15, 0.2) is 15.8 Å². The van der Waals surface area contributed by atoms with E-state index in [0.717, 1.165) is 4.57 Å². The van der Waals surface area contributed by atoms with Crippen molar-refractivity contribution in [2.45, 2.75) is 43.9 Å². The van der Waals surface area contributed by atoms with Crippen LogP contribution in [0.2, 0.25) is 0 Å². The Morgan fingerprint density at radius 2 is 2.10 bits per heavy atom. The van der Waals surface area contributed by atoms with Crippen LogP contribution in [-0.2, 0) is 20.7 Å². The highest BCUT2D eigenvalue weighted by Crippen LogP contribution is 2.27. The topological polar surface area (TPSA) is 143 Å². The van der Waals surface area contributed by atoms with Crippen LogP contribution >= 0.6 is 0 Å². The van der Waals surface area contributed by atoms with Gasteiger partial charge in [0, 0.05) is 31.3 Å². The van der Waals surface area contributed by atoms with Crippen LogP contribution in [-0.4, -0.2) is 70.4 Å². The van der Waals surface area contributed by atoms with Gasteiger partial charge in [-0.25, -0.2) is 4.79 Å². The zero-order chi connectivity index (χ0) is 21.6. The SMILES string of the molecule is O=C(NCCOCCCc1cn([C@H]2C[C@H](O)[C@@H](CO)O2)c(=O)[nH]c1=O)C(F)(F)F. The number of aromatic amines is 1. The van der Waals surface area contributed by atoms with E-state index in [0.29, 0.717) is 6.42 Å². The summed E-state index contributed by atoms with van der Waals surface area (Å²) >= 11 is 0. The van der Waals surface area contributed by atoms with Crippen molar-refractivity contribution in [1.29, 1.82) is 0 Å². The van der Waals surface area contributed by atoms with E-state index in [-0.39, 0.29) is 38.2 Å². The monoisotopic (exact) mass is 425 g/mol. The summed E-state index contributed by atoms with van der Waals surface area (Å²) in [5.74, 6) is -2.04. The van der Waals surface area contributed by atoms with Crippen LogP contribution in [0.5, 0.6) is 0 Å². The van der Waals surface area contributed by atoms with Crippen molar-refractivity contribution in [3.05, 3.63) is 32.6 Å². The van der Waals surface area contributed by atoms with Crippen molar-refractivity contribution in [3.8, 4) is 0 Å². The minimum atomic E-state index is -4.94. The quantitative estimate of drug-likeness (QED) is 0.364. The molecule has 1 fully saturated rings. The average molecular weight is 425 g/mol. The molecule has 0 radical (unpaired) electrons. The summed E-state index contributed by atoms with van der Waals surface area (Å²) in [5, 5.41) is 20.6. The fraction of sp³-hybridized carbons (Fsp3) is 0.688. The summed E-state index contributed by atoms with van der Waals surface area (Å²) in [7, 11) is 0. The standard InChI is InChI=1S/C16H22F3N3O7/c17-16(18,19)14(26)20-3-5-28-4-1-2-9-7-22(15(27)21-13(9)25)12-6-10(24)11(8-23)29-12/h7,10-12,23-24H,1-6,8H2,(H,20,26)(H,21,25,27)/t10-,11+,12+/m0/s1. The van der Waals surface area contributed by atoms with E-state index in [1.165, 1.54) is 6.20 Å². The molecule has 13 heteroatoms. The molecule has 0 spiro atoms. The van der Waals surface area contributed by atoms with Crippen LogP contribution in [0.1, 0.15) is 24.6 Å². The molecule has 0 aromatic carbocycles. The van der Waals surface area contributed by atoms with E-state index >= 15 is 0 Å². The first-order chi connectivity index (χ1) is 13.6. The lowest BCUT2D eigenvalue weighted by molar-refractivity contribution is -0.173. The molecule has 1 aromatic heterocycles. The number of carbonyl (C=O) groups is 1. The van der Waals surface area contributed by atoms with Gasteiger partial charge in [0.05, 0.1) is 19.3 Å². The number of hydrogen-bond acceptors (Lipinski definition) is 7. The number of nitrogens with one attached hydrogen (secondary N) is 2. The highest BCUT2D eigenvalue weighted by molar-refractivity contribution is 5.81. The third-order valence-corrected chi connectivity index (χ3v) is 4.26. The van der Waals surface area contributed by atoms with E-state index in [4.69, 9.17) is 14.6 Å². The first-order valence-electron chi connectivity index (χ1n) is 8.85. The van der Waals surface area contributed by atoms with E-state index in [1.54, 1.807) is 5.32 Å². The van der Waals surface area contributed by atoms with Crippen molar-refractivity contribution in [1.82, 2.24) is 14.9 Å². The van der Waals surface area contributed by atoms with Gasteiger partial charge in [-0.2, -0.15) is 13.2 Å². The number of H-pyrrole nitrogens is 1. The van der Waals surface area contributed by atoms with Gasteiger partial charge in [0.15, 0.2) is 0 Å². The number of aliphatic hydroxyl groups excluding tert-OH is 2. The molecule has 1 aliphatic rings. The van der Waals surface area contributed by atoms with Crippen molar-refractivity contribution in [3.63, 3.8) is 0 Å².